The van der Waals surface area contributed by atoms with Gasteiger partial charge < -0.3 is 5.32 Å². The summed E-state index contributed by atoms with van der Waals surface area (Å²) in [6, 6.07) is 6.63. The van der Waals surface area contributed by atoms with Crippen LogP contribution in [0.15, 0.2) is 28.9 Å². The number of nitrogens with one attached hydrogen (secondary N) is 1. The van der Waals surface area contributed by atoms with Gasteiger partial charge in [-0.25, -0.2) is 9.02 Å². The van der Waals surface area contributed by atoms with E-state index in [9.17, 15) is 4.39 Å². The summed E-state index contributed by atoms with van der Waals surface area (Å²) in [6.07, 6.45) is 0. The van der Waals surface area contributed by atoms with Gasteiger partial charge >= 0.3 is 0 Å². The molecule has 2 rings (SSSR count). The Morgan fingerprint density at radius 1 is 1.35 bits per heavy atom. The Morgan fingerprint density at radius 3 is 2.76 bits per heavy atom. The number of rotatable bonds is 4. The Morgan fingerprint density at radius 2 is 2.12 bits per heavy atom. The van der Waals surface area contributed by atoms with Crippen LogP contribution >= 0.6 is 0 Å². The number of aromatic nitrogens is 2. The Kier molecular flexibility index (Phi) is 3.49. The lowest BCUT2D eigenvalue weighted by molar-refractivity contribution is 0.300. The van der Waals surface area contributed by atoms with Crippen LogP contribution < -0.4 is 5.32 Å². The van der Waals surface area contributed by atoms with Crippen molar-refractivity contribution in [3.05, 3.63) is 47.0 Å². The molecule has 1 heterocycles. The number of hydrogen-bond donors (Lipinski definition) is 1. The average Bonchev–Trinajstić information content (AvgIpc) is 2.72. The van der Waals surface area contributed by atoms with Crippen molar-refractivity contribution in [2.24, 2.45) is 0 Å². The fourth-order valence-electron chi connectivity index (χ4n) is 1.60. The van der Waals surface area contributed by atoms with Crippen LogP contribution in [0.25, 0.3) is 0 Å². The highest BCUT2D eigenvalue weighted by Gasteiger charge is 2.11. The van der Waals surface area contributed by atoms with Crippen molar-refractivity contribution >= 4 is 0 Å². The predicted octanol–water partition coefficient (Wildman–Crippen LogP) is 2.37. The van der Waals surface area contributed by atoms with E-state index in [2.05, 4.69) is 20.3 Å². The SMILES string of the molecule is Cc1nonc1CNC(C)c1ccccc1F. The zero-order valence-corrected chi connectivity index (χ0v) is 9.77. The van der Waals surface area contributed by atoms with Gasteiger partial charge in [0.25, 0.3) is 0 Å². The zero-order chi connectivity index (χ0) is 12.3. The normalized spacial score (nSPS) is 12.6. The van der Waals surface area contributed by atoms with Crippen LogP contribution in [-0.2, 0) is 6.54 Å². The first-order chi connectivity index (χ1) is 8.18. The molecule has 1 atom stereocenters. The molecule has 0 saturated carbocycles. The van der Waals surface area contributed by atoms with Crippen molar-refractivity contribution in [1.29, 1.82) is 0 Å². The Hall–Kier alpha value is -1.75. The van der Waals surface area contributed by atoms with Gasteiger partial charge in [-0.15, -0.1) is 0 Å². The fourth-order valence-corrected chi connectivity index (χ4v) is 1.60. The van der Waals surface area contributed by atoms with E-state index in [1.807, 2.05) is 19.9 Å². The van der Waals surface area contributed by atoms with Crippen molar-refractivity contribution in [2.75, 3.05) is 0 Å². The quantitative estimate of drug-likeness (QED) is 0.883. The van der Waals surface area contributed by atoms with Crippen LogP contribution in [0, 0.1) is 12.7 Å². The lowest BCUT2D eigenvalue weighted by atomic mass is 10.1. The summed E-state index contributed by atoms with van der Waals surface area (Å²) in [6.45, 7) is 4.23. The molecule has 0 aliphatic carbocycles. The van der Waals surface area contributed by atoms with Crippen molar-refractivity contribution in [3.63, 3.8) is 0 Å². The molecule has 17 heavy (non-hydrogen) atoms. The molecular formula is C12H14FN3O. The van der Waals surface area contributed by atoms with E-state index in [0.29, 0.717) is 12.1 Å². The summed E-state index contributed by atoms with van der Waals surface area (Å²) in [7, 11) is 0. The molecule has 2 aromatic rings. The van der Waals surface area contributed by atoms with E-state index >= 15 is 0 Å². The number of benzene rings is 1. The van der Waals surface area contributed by atoms with Gasteiger partial charge in [0, 0.05) is 18.2 Å². The van der Waals surface area contributed by atoms with Gasteiger partial charge in [0.1, 0.15) is 17.2 Å². The van der Waals surface area contributed by atoms with Gasteiger partial charge in [0.2, 0.25) is 0 Å². The molecule has 90 valence electrons. The van der Waals surface area contributed by atoms with Gasteiger partial charge in [0.15, 0.2) is 0 Å². The predicted molar refractivity (Wildman–Crippen MR) is 60.7 cm³/mol. The summed E-state index contributed by atoms with van der Waals surface area (Å²) in [5, 5.41) is 10.6. The topological polar surface area (TPSA) is 51.0 Å². The number of aryl methyl sites for hydroxylation is 1. The molecule has 0 spiro atoms. The number of halogens is 1. The van der Waals surface area contributed by atoms with Gasteiger partial charge in [-0.05, 0) is 19.9 Å². The standard InChI is InChI=1S/C12H14FN3O/c1-8(10-5-3-4-6-11(10)13)14-7-12-9(2)15-17-16-12/h3-6,8,14H,7H2,1-2H3. The summed E-state index contributed by atoms with van der Waals surface area (Å²) in [5.41, 5.74) is 2.13. The van der Waals surface area contributed by atoms with Crippen LogP contribution in [0.4, 0.5) is 4.39 Å². The minimum Gasteiger partial charge on any atom is -0.304 e. The molecule has 0 aliphatic rings. The molecule has 0 radical (unpaired) electrons. The first-order valence-electron chi connectivity index (χ1n) is 5.44. The highest BCUT2D eigenvalue weighted by Crippen LogP contribution is 2.16. The van der Waals surface area contributed by atoms with Crippen molar-refractivity contribution in [2.45, 2.75) is 26.4 Å². The fraction of sp³-hybridized carbons (Fsp3) is 0.333. The second-order valence-corrected chi connectivity index (χ2v) is 3.92. The lowest BCUT2D eigenvalue weighted by Gasteiger charge is -2.13. The Balaban J connectivity index is 2.01. The maximum absolute atomic E-state index is 13.5. The average molecular weight is 235 g/mol. The lowest BCUT2D eigenvalue weighted by Crippen LogP contribution is -2.19. The third-order valence-electron chi connectivity index (χ3n) is 2.69. The van der Waals surface area contributed by atoms with Gasteiger partial charge in [-0.2, -0.15) is 0 Å². The number of nitrogens with zero attached hydrogens (tertiary/aromatic N) is 2. The van der Waals surface area contributed by atoms with Crippen molar-refractivity contribution in [3.8, 4) is 0 Å². The Labute approximate surface area is 98.8 Å². The first-order valence-corrected chi connectivity index (χ1v) is 5.44. The highest BCUT2D eigenvalue weighted by atomic mass is 19.1. The molecule has 1 N–H and O–H groups in total. The van der Waals surface area contributed by atoms with Gasteiger partial charge in [0.05, 0.1) is 0 Å². The van der Waals surface area contributed by atoms with E-state index in [1.165, 1.54) is 6.07 Å². The van der Waals surface area contributed by atoms with E-state index in [4.69, 9.17) is 0 Å². The molecule has 0 fully saturated rings. The largest absolute Gasteiger partial charge is 0.304 e. The monoisotopic (exact) mass is 235 g/mol. The maximum Gasteiger partial charge on any atom is 0.127 e. The highest BCUT2D eigenvalue weighted by molar-refractivity contribution is 5.20. The van der Waals surface area contributed by atoms with Gasteiger partial charge in [-0.3, -0.25) is 0 Å². The van der Waals surface area contributed by atoms with Crippen molar-refractivity contribution < 1.29 is 9.02 Å². The minimum absolute atomic E-state index is 0.0905. The second-order valence-electron chi connectivity index (χ2n) is 3.92. The van der Waals surface area contributed by atoms with E-state index in [0.717, 1.165) is 11.4 Å². The smallest absolute Gasteiger partial charge is 0.127 e. The molecule has 4 nitrogen and oxygen atoms in total. The van der Waals surface area contributed by atoms with Crippen LogP contribution in [-0.4, -0.2) is 10.3 Å². The van der Waals surface area contributed by atoms with Crippen LogP contribution in [0.1, 0.15) is 29.9 Å². The van der Waals surface area contributed by atoms with E-state index in [-0.39, 0.29) is 11.9 Å². The summed E-state index contributed by atoms with van der Waals surface area (Å²) >= 11 is 0. The molecule has 0 bridgehead atoms. The van der Waals surface area contributed by atoms with E-state index in [1.54, 1.807) is 12.1 Å². The summed E-state index contributed by atoms with van der Waals surface area (Å²) in [5.74, 6) is -0.206. The van der Waals surface area contributed by atoms with E-state index < -0.39 is 0 Å². The maximum atomic E-state index is 13.5. The third kappa shape index (κ3) is 2.68. The minimum atomic E-state index is -0.206. The molecule has 0 amide bonds. The van der Waals surface area contributed by atoms with Crippen LogP contribution in [0.5, 0.6) is 0 Å². The Bertz CT molecular complexity index is 498. The van der Waals surface area contributed by atoms with Crippen LogP contribution in [0.3, 0.4) is 0 Å². The molecule has 0 aliphatic heterocycles. The summed E-state index contributed by atoms with van der Waals surface area (Å²) in [4.78, 5) is 0. The number of hydrogen-bond acceptors (Lipinski definition) is 4. The second kappa shape index (κ2) is 5.05. The molecule has 1 aromatic carbocycles. The van der Waals surface area contributed by atoms with Crippen LogP contribution in [0.2, 0.25) is 0 Å². The zero-order valence-electron chi connectivity index (χ0n) is 9.77. The van der Waals surface area contributed by atoms with Gasteiger partial charge in [-0.1, -0.05) is 28.5 Å². The molecule has 1 aromatic heterocycles. The molecule has 0 saturated heterocycles. The molecule has 5 heteroatoms. The molecule has 1 unspecified atom stereocenters. The third-order valence-corrected chi connectivity index (χ3v) is 2.69. The molecular weight excluding hydrogens is 221 g/mol. The summed E-state index contributed by atoms with van der Waals surface area (Å²) < 4.78 is 18.1. The van der Waals surface area contributed by atoms with Crippen molar-refractivity contribution in [1.82, 2.24) is 15.6 Å². The first kappa shape index (κ1) is 11.7.